The average molecular weight is 385 g/mol. The van der Waals surface area contributed by atoms with Crippen LogP contribution in [0.15, 0.2) is 30.5 Å². The molecule has 1 saturated heterocycles. The minimum atomic E-state index is -0.975. The normalized spacial score (nSPS) is 14.2. The summed E-state index contributed by atoms with van der Waals surface area (Å²) in [5, 5.41) is 9.52. The smallest absolute Gasteiger partial charge is 0.337 e. The highest BCUT2D eigenvalue weighted by Crippen LogP contribution is 2.22. The Morgan fingerprint density at radius 1 is 1.11 bits per heavy atom. The van der Waals surface area contributed by atoms with Gasteiger partial charge >= 0.3 is 5.97 Å². The second-order valence-electron chi connectivity index (χ2n) is 6.97. The van der Waals surface area contributed by atoms with Gasteiger partial charge in [-0.25, -0.2) is 4.79 Å². The number of rotatable bonds is 6. The molecule has 0 spiro atoms. The number of ether oxygens (including phenoxy) is 1. The molecule has 2 aromatic rings. The molecule has 150 valence electrons. The third-order valence-electron chi connectivity index (χ3n) is 5.32. The monoisotopic (exact) mass is 385 g/mol. The van der Waals surface area contributed by atoms with Gasteiger partial charge in [-0.15, -0.1) is 0 Å². The lowest BCUT2D eigenvalue weighted by Crippen LogP contribution is -2.49. The zero-order chi connectivity index (χ0) is 20.3. The summed E-state index contributed by atoms with van der Waals surface area (Å²) in [6.45, 7) is 7.11. The molecule has 1 aliphatic rings. The Kier molecular flexibility index (Phi) is 5.92. The van der Waals surface area contributed by atoms with Crippen LogP contribution in [0.2, 0.25) is 0 Å². The number of methoxy groups -OCH3 is 1. The molecule has 1 aromatic carbocycles. The van der Waals surface area contributed by atoms with Crippen molar-refractivity contribution < 1.29 is 19.4 Å². The molecule has 1 aromatic heterocycles. The zero-order valence-corrected chi connectivity index (χ0v) is 16.6. The number of hydrogen-bond acceptors (Lipinski definition) is 4. The molecule has 0 radical (unpaired) electrons. The summed E-state index contributed by atoms with van der Waals surface area (Å²) in [5.41, 5.74) is 2.65. The van der Waals surface area contributed by atoms with Gasteiger partial charge < -0.3 is 24.2 Å². The molecule has 0 aliphatic carbocycles. The lowest BCUT2D eigenvalue weighted by Gasteiger charge is -2.36. The van der Waals surface area contributed by atoms with E-state index in [0.29, 0.717) is 30.9 Å². The fraction of sp³-hybridized carbons (Fsp3) is 0.429. The quantitative estimate of drug-likeness (QED) is 0.827. The number of anilines is 1. The van der Waals surface area contributed by atoms with Gasteiger partial charge in [-0.1, -0.05) is 0 Å². The number of piperazine rings is 1. The number of nitrogens with zero attached hydrogens (tertiary/aromatic N) is 3. The second-order valence-corrected chi connectivity index (χ2v) is 6.97. The molecular weight excluding hydrogens is 358 g/mol. The van der Waals surface area contributed by atoms with Crippen LogP contribution in [0.1, 0.15) is 28.5 Å². The summed E-state index contributed by atoms with van der Waals surface area (Å²) >= 11 is 0. The molecule has 0 saturated carbocycles. The molecule has 1 fully saturated rings. The van der Waals surface area contributed by atoms with E-state index in [1.54, 1.807) is 14.0 Å². The number of hydrogen-bond donors (Lipinski definition) is 1. The second kappa shape index (κ2) is 8.37. The first-order valence-corrected chi connectivity index (χ1v) is 9.53. The average Bonchev–Trinajstić information content (AvgIpc) is 3.03. The first-order chi connectivity index (χ1) is 13.4. The molecule has 0 atom stereocenters. The molecule has 3 rings (SSSR count). The van der Waals surface area contributed by atoms with E-state index in [2.05, 4.69) is 4.90 Å². The zero-order valence-electron chi connectivity index (χ0n) is 16.6. The molecule has 1 amide bonds. The topological polar surface area (TPSA) is 75.0 Å². The number of aromatic carboxylic acids is 1. The Hall–Kier alpha value is -2.96. The van der Waals surface area contributed by atoms with Crippen LogP contribution in [-0.2, 0) is 17.8 Å². The van der Waals surface area contributed by atoms with Crippen LogP contribution in [0.25, 0.3) is 0 Å². The van der Waals surface area contributed by atoms with Crippen molar-refractivity contribution in [1.29, 1.82) is 0 Å². The van der Waals surface area contributed by atoms with Gasteiger partial charge in [-0.3, -0.25) is 4.79 Å². The lowest BCUT2D eigenvalue weighted by atomic mass is 10.1. The number of carbonyl (C=O) groups is 2. The van der Waals surface area contributed by atoms with E-state index in [4.69, 9.17) is 4.74 Å². The van der Waals surface area contributed by atoms with Crippen LogP contribution < -0.4 is 9.64 Å². The maximum Gasteiger partial charge on any atom is 0.337 e. The predicted molar refractivity (Wildman–Crippen MR) is 107 cm³/mol. The number of carboxylic acids is 1. The lowest BCUT2D eigenvalue weighted by molar-refractivity contribution is -0.130. The number of benzene rings is 1. The number of carbonyl (C=O) groups excluding carboxylic acids is 1. The van der Waals surface area contributed by atoms with Gasteiger partial charge in [0.25, 0.3) is 0 Å². The Balaban J connectivity index is 1.65. The fourth-order valence-electron chi connectivity index (χ4n) is 3.77. The standard InChI is InChI=1S/C21H27N3O4/c1-4-22-14-15(2)20(21(26)27)18(22)13-19(25)24-11-9-23(10-12-24)16-5-7-17(28-3)8-6-16/h5-8,14H,4,9-13H2,1-3H3,(H,26,27). The van der Waals surface area contributed by atoms with Crippen LogP contribution in [0.4, 0.5) is 5.69 Å². The van der Waals surface area contributed by atoms with Crippen molar-refractivity contribution in [2.24, 2.45) is 0 Å². The van der Waals surface area contributed by atoms with E-state index in [1.807, 2.05) is 46.9 Å². The van der Waals surface area contributed by atoms with Crippen molar-refractivity contribution in [3.63, 3.8) is 0 Å². The van der Waals surface area contributed by atoms with Crippen molar-refractivity contribution in [2.75, 3.05) is 38.2 Å². The highest BCUT2D eigenvalue weighted by Gasteiger charge is 2.25. The molecule has 1 aliphatic heterocycles. The minimum Gasteiger partial charge on any atom is -0.497 e. The number of aromatic nitrogens is 1. The summed E-state index contributed by atoms with van der Waals surface area (Å²) in [6.07, 6.45) is 1.93. The Morgan fingerprint density at radius 3 is 2.29 bits per heavy atom. The molecule has 28 heavy (non-hydrogen) atoms. The Morgan fingerprint density at radius 2 is 1.75 bits per heavy atom. The summed E-state index contributed by atoms with van der Waals surface area (Å²) in [5.74, 6) is -0.178. The van der Waals surface area contributed by atoms with Crippen molar-refractivity contribution >= 4 is 17.6 Å². The van der Waals surface area contributed by atoms with Crippen LogP contribution in [-0.4, -0.2) is 59.7 Å². The van der Waals surface area contributed by atoms with Crippen molar-refractivity contribution in [3.05, 3.63) is 47.3 Å². The van der Waals surface area contributed by atoms with E-state index < -0.39 is 5.97 Å². The minimum absolute atomic E-state index is 0.0234. The molecule has 2 heterocycles. The predicted octanol–water partition coefficient (Wildman–Crippen LogP) is 2.41. The van der Waals surface area contributed by atoms with Crippen molar-refractivity contribution in [1.82, 2.24) is 9.47 Å². The summed E-state index contributed by atoms with van der Waals surface area (Å²) < 4.78 is 7.06. The van der Waals surface area contributed by atoms with E-state index in [1.165, 1.54) is 0 Å². The van der Waals surface area contributed by atoms with Gasteiger partial charge in [-0.05, 0) is 43.7 Å². The largest absolute Gasteiger partial charge is 0.497 e. The SMILES string of the molecule is CCn1cc(C)c(C(=O)O)c1CC(=O)N1CCN(c2ccc(OC)cc2)CC1. The van der Waals surface area contributed by atoms with Gasteiger partial charge in [0.1, 0.15) is 5.75 Å². The van der Waals surface area contributed by atoms with Crippen LogP contribution >= 0.6 is 0 Å². The van der Waals surface area contributed by atoms with Crippen LogP contribution in [0.3, 0.4) is 0 Å². The Bertz CT molecular complexity index is 849. The third-order valence-corrected chi connectivity index (χ3v) is 5.32. The highest BCUT2D eigenvalue weighted by atomic mass is 16.5. The Labute approximate surface area is 165 Å². The van der Waals surface area contributed by atoms with Crippen molar-refractivity contribution in [2.45, 2.75) is 26.8 Å². The van der Waals surface area contributed by atoms with Crippen molar-refractivity contribution in [3.8, 4) is 5.75 Å². The first-order valence-electron chi connectivity index (χ1n) is 9.53. The van der Waals surface area contributed by atoms with Crippen LogP contribution in [0.5, 0.6) is 5.75 Å². The molecule has 0 bridgehead atoms. The van der Waals surface area contributed by atoms with E-state index in [-0.39, 0.29) is 17.9 Å². The van der Waals surface area contributed by atoms with Gasteiger partial charge in [0, 0.05) is 50.3 Å². The molecule has 0 unspecified atom stereocenters. The molecule has 7 nitrogen and oxygen atoms in total. The maximum atomic E-state index is 12.8. The molecule has 7 heteroatoms. The maximum absolute atomic E-state index is 12.8. The summed E-state index contributed by atoms with van der Waals surface area (Å²) in [4.78, 5) is 28.5. The summed E-state index contributed by atoms with van der Waals surface area (Å²) in [6, 6.07) is 7.90. The number of carboxylic acid groups (broad SMARTS) is 1. The number of aryl methyl sites for hydroxylation is 2. The molecular formula is C21H27N3O4. The number of amides is 1. The van der Waals surface area contributed by atoms with Gasteiger partial charge in [-0.2, -0.15) is 0 Å². The first kappa shape index (κ1) is 19.8. The molecule has 1 N–H and O–H groups in total. The van der Waals surface area contributed by atoms with Gasteiger partial charge in [0.15, 0.2) is 0 Å². The highest BCUT2D eigenvalue weighted by molar-refractivity contribution is 5.93. The fourth-order valence-corrected chi connectivity index (χ4v) is 3.77. The van der Waals surface area contributed by atoms with Crippen LogP contribution in [0, 0.1) is 6.92 Å². The van der Waals surface area contributed by atoms with Gasteiger partial charge in [0.05, 0.1) is 19.1 Å². The van der Waals surface area contributed by atoms with E-state index >= 15 is 0 Å². The summed E-state index contributed by atoms with van der Waals surface area (Å²) in [7, 11) is 1.64. The van der Waals surface area contributed by atoms with E-state index in [9.17, 15) is 14.7 Å². The van der Waals surface area contributed by atoms with E-state index in [0.717, 1.165) is 24.5 Å². The van der Waals surface area contributed by atoms with Gasteiger partial charge in [0.2, 0.25) is 5.91 Å². The third kappa shape index (κ3) is 3.98.